The van der Waals surface area contributed by atoms with Crippen LogP contribution in [-0.4, -0.2) is 59.3 Å². The van der Waals surface area contributed by atoms with Crippen LogP contribution in [0.3, 0.4) is 0 Å². The molecule has 1 fully saturated rings. The molecule has 0 saturated carbocycles. The van der Waals surface area contributed by atoms with Gasteiger partial charge in [-0.1, -0.05) is 24.3 Å². The third-order valence-electron chi connectivity index (χ3n) is 6.59. The molecule has 8 heteroatoms. The molecule has 0 unspecified atom stereocenters. The van der Waals surface area contributed by atoms with Crippen LogP contribution in [0.5, 0.6) is 0 Å². The maximum atomic E-state index is 13.4. The van der Waals surface area contributed by atoms with Gasteiger partial charge in [0.15, 0.2) is 5.11 Å². The lowest BCUT2D eigenvalue weighted by atomic mass is 10.0. The zero-order valence-electron chi connectivity index (χ0n) is 20.4. The van der Waals surface area contributed by atoms with Crippen molar-refractivity contribution in [1.82, 2.24) is 20.1 Å². The van der Waals surface area contributed by atoms with E-state index in [1.165, 1.54) is 12.1 Å². The number of aromatic amines is 1. The molecule has 3 aromatic rings. The number of H-pyrrole nitrogens is 1. The maximum Gasteiger partial charge on any atom is 0.253 e. The topological polar surface area (TPSA) is 60.6 Å². The molecule has 4 rings (SSSR count). The molecule has 0 radical (unpaired) electrons. The van der Waals surface area contributed by atoms with E-state index in [-0.39, 0.29) is 11.4 Å². The van der Waals surface area contributed by atoms with Gasteiger partial charge in [0.05, 0.1) is 25.3 Å². The van der Waals surface area contributed by atoms with E-state index in [1.54, 1.807) is 12.1 Å². The summed E-state index contributed by atoms with van der Waals surface area (Å²) in [6.45, 7) is 10.1. The van der Waals surface area contributed by atoms with Crippen molar-refractivity contribution in [3.8, 4) is 0 Å². The van der Waals surface area contributed by atoms with E-state index in [1.807, 2.05) is 30.9 Å². The number of rotatable bonds is 8. The predicted molar refractivity (Wildman–Crippen MR) is 142 cm³/mol. The lowest BCUT2D eigenvalue weighted by molar-refractivity contribution is 0.0376. The van der Waals surface area contributed by atoms with Crippen molar-refractivity contribution in [2.24, 2.45) is 0 Å². The van der Waals surface area contributed by atoms with Gasteiger partial charge in [-0.2, -0.15) is 0 Å². The number of halogens is 1. The third kappa shape index (κ3) is 6.66. The second-order valence-electron chi connectivity index (χ2n) is 9.12. The molecule has 2 heterocycles. The summed E-state index contributed by atoms with van der Waals surface area (Å²) in [5, 5.41) is 4.93. The average Bonchev–Trinajstić information content (AvgIpc) is 2.86. The number of benzene rings is 2. The van der Waals surface area contributed by atoms with Gasteiger partial charge in [-0.05, 0) is 79.3 Å². The van der Waals surface area contributed by atoms with E-state index in [9.17, 15) is 9.18 Å². The minimum Gasteiger partial charge on any atom is -0.379 e. The predicted octanol–water partition coefficient (Wildman–Crippen LogP) is 3.88. The van der Waals surface area contributed by atoms with Gasteiger partial charge in [0.1, 0.15) is 5.82 Å². The summed E-state index contributed by atoms with van der Waals surface area (Å²) in [5.41, 5.74) is 4.53. The third-order valence-corrected chi connectivity index (χ3v) is 7.00. The van der Waals surface area contributed by atoms with Gasteiger partial charge in [-0.15, -0.1) is 0 Å². The molecule has 0 atom stereocenters. The van der Waals surface area contributed by atoms with Gasteiger partial charge in [-0.25, -0.2) is 4.39 Å². The summed E-state index contributed by atoms with van der Waals surface area (Å²) in [5.74, 6) is -0.277. The summed E-state index contributed by atoms with van der Waals surface area (Å²) in [4.78, 5) is 20.4. The molecule has 35 heavy (non-hydrogen) atoms. The van der Waals surface area contributed by atoms with Gasteiger partial charge >= 0.3 is 0 Å². The van der Waals surface area contributed by atoms with Crippen molar-refractivity contribution in [1.29, 1.82) is 0 Å². The molecule has 1 saturated heterocycles. The number of aromatic nitrogens is 1. The Bertz CT molecular complexity index is 1220. The summed E-state index contributed by atoms with van der Waals surface area (Å²) >= 11 is 5.74. The van der Waals surface area contributed by atoms with Crippen molar-refractivity contribution >= 4 is 28.2 Å². The Hall–Kier alpha value is -2.81. The van der Waals surface area contributed by atoms with E-state index < -0.39 is 0 Å². The molecule has 1 aromatic heterocycles. The van der Waals surface area contributed by atoms with E-state index in [0.717, 1.165) is 73.4 Å². The molecule has 186 valence electrons. The number of hydrogen-bond donors (Lipinski definition) is 2. The Morgan fingerprint density at radius 3 is 2.63 bits per heavy atom. The average molecular weight is 497 g/mol. The molecule has 0 aliphatic carbocycles. The van der Waals surface area contributed by atoms with Crippen LogP contribution in [0.1, 0.15) is 28.7 Å². The van der Waals surface area contributed by atoms with Gasteiger partial charge in [0.25, 0.3) is 5.56 Å². The van der Waals surface area contributed by atoms with Crippen molar-refractivity contribution in [3.05, 3.63) is 80.9 Å². The standard InChI is InChI=1S/C27H33FN4O2S/c1-19-4-7-22-16-23(26(33)30-25(22)20(19)2)18-32(17-21-5-8-24(28)9-6-21)27(35)29-10-3-11-31-12-14-34-15-13-31/h4-9,16H,3,10-15,17-18H2,1-2H3,(H,29,35)(H,30,33). The van der Waals surface area contributed by atoms with Crippen LogP contribution in [0.2, 0.25) is 0 Å². The quantitative estimate of drug-likeness (QED) is 0.365. The van der Waals surface area contributed by atoms with Crippen molar-refractivity contribution < 1.29 is 9.13 Å². The van der Waals surface area contributed by atoms with Crippen LogP contribution in [0.25, 0.3) is 10.9 Å². The first-order chi connectivity index (χ1) is 16.9. The van der Waals surface area contributed by atoms with Crippen LogP contribution in [-0.2, 0) is 17.8 Å². The number of nitrogens with zero attached hydrogens (tertiary/aromatic N) is 2. The highest BCUT2D eigenvalue weighted by Gasteiger charge is 2.15. The van der Waals surface area contributed by atoms with Crippen molar-refractivity contribution in [2.45, 2.75) is 33.4 Å². The molecule has 6 nitrogen and oxygen atoms in total. The molecule has 1 aliphatic rings. The maximum absolute atomic E-state index is 13.4. The largest absolute Gasteiger partial charge is 0.379 e. The van der Waals surface area contributed by atoms with Crippen LogP contribution in [0.4, 0.5) is 4.39 Å². The first-order valence-corrected chi connectivity index (χ1v) is 12.5. The fraction of sp³-hybridized carbons (Fsp3) is 0.407. The first-order valence-electron chi connectivity index (χ1n) is 12.1. The monoisotopic (exact) mass is 496 g/mol. The first kappa shape index (κ1) is 25.3. The number of thiocarbonyl (C=S) groups is 1. The number of pyridine rings is 1. The van der Waals surface area contributed by atoms with E-state index in [4.69, 9.17) is 17.0 Å². The normalized spacial score (nSPS) is 14.3. The van der Waals surface area contributed by atoms with Gasteiger partial charge < -0.3 is 19.9 Å². The second kappa shape index (κ2) is 11.7. The highest BCUT2D eigenvalue weighted by molar-refractivity contribution is 7.80. The molecule has 0 spiro atoms. The zero-order chi connectivity index (χ0) is 24.8. The minimum absolute atomic E-state index is 0.120. The van der Waals surface area contributed by atoms with Crippen molar-refractivity contribution in [2.75, 3.05) is 39.4 Å². The van der Waals surface area contributed by atoms with Crippen LogP contribution in [0, 0.1) is 19.7 Å². The summed E-state index contributed by atoms with van der Waals surface area (Å²) < 4.78 is 18.9. The van der Waals surface area contributed by atoms with Gasteiger partial charge in [0.2, 0.25) is 0 Å². The number of hydrogen-bond acceptors (Lipinski definition) is 4. The van der Waals surface area contributed by atoms with E-state index >= 15 is 0 Å². The number of fused-ring (bicyclic) bond motifs is 1. The summed E-state index contributed by atoms with van der Waals surface area (Å²) in [7, 11) is 0. The highest BCUT2D eigenvalue weighted by atomic mass is 32.1. The Labute approximate surface area is 211 Å². The van der Waals surface area contributed by atoms with Gasteiger partial charge in [0, 0.05) is 31.7 Å². The Morgan fingerprint density at radius 1 is 1.14 bits per heavy atom. The molecule has 2 aromatic carbocycles. The summed E-state index contributed by atoms with van der Waals surface area (Å²) in [6.07, 6.45) is 0.958. The lowest BCUT2D eigenvalue weighted by Gasteiger charge is -2.28. The van der Waals surface area contributed by atoms with Crippen LogP contribution in [0.15, 0.2) is 47.3 Å². The molecule has 1 aliphatic heterocycles. The number of ether oxygens (including phenoxy) is 1. The highest BCUT2D eigenvalue weighted by Crippen LogP contribution is 2.20. The zero-order valence-corrected chi connectivity index (χ0v) is 21.2. The fourth-order valence-electron chi connectivity index (χ4n) is 4.34. The molecule has 0 amide bonds. The summed E-state index contributed by atoms with van der Waals surface area (Å²) in [6, 6.07) is 12.4. The minimum atomic E-state index is -0.277. The molecular formula is C27H33FN4O2S. The fourth-order valence-corrected chi connectivity index (χ4v) is 4.57. The number of nitrogens with one attached hydrogen (secondary N) is 2. The lowest BCUT2D eigenvalue weighted by Crippen LogP contribution is -2.42. The molecule has 2 N–H and O–H groups in total. The van der Waals surface area contributed by atoms with Crippen molar-refractivity contribution in [3.63, 3.8) is 0 Å². The molecular weight excluding hydrogens is 463 g/mol. The van der Waals surface area contributed by atoms with E-state index in [2.05, 4.69) is 21.3 Å². The smallest absolute Gasteiger partial charge is 0.253 e. The van der Waals surface area contributed by atoms with E-state index in [0.29, 0.717) is 23.8 Å². The second-order valence-corrected chi connectivity index (χ2v) is 9.50. The van der Waals surface area contributed by atoms with Crippen LogP contribution >= 0.6 is 12.2 Å². The molecule has 0 bridgehead atoms. The Kier molecular flexibility index (Phi) is 8.49. The number of aryl methyl sites for hydroxylation is 2. The van der Waals surface area contributed by atoms with Crippen LogP contribution < -0.4 is 10.9 Å². The van der Waals surface area contributed by atoms with Gasteiger partial charge in [-0.3, -0.25) is 9.69 Å². The SMILES string of the molecule is Cc1ccc2cc(CN(Cc3ccc(F)cc3)C(=S)NCCCN3CCOCC3)c(=O)[nH]c2c1C. The Morgan fingerprint density at radius 2 is 1.89 bits per heavy atom. The number of morpholine rings is 1. The Balaban J connectivity index is 1.48.